The minimum absolute atomic E-state index is 0.0174. The molecule has 1 fully saturated rings. The molecule has 0 spiro atoms. The summed E-state index contributed by atoms with van der Waals surface area (Å²) in [4.78, 5) is 16.2. The second kappa shape index (κ2) is 10.3. The van der Waals surface area contributed by atoms with Gasteiger partial charge in [-0.2, -0.15) is 9.97 Å². The van der Waals surface area contributed by atoms with Gasteiger partial charge in [-0.15, -0.1) is 0 Å². The lowest BCUT2D eigenvalue weighted by Gasteiger charge is -2.25. The van der Waals surface area contributed by atoms with Crippen LogP contribution >= 0.6 is 0 Å². The van der Waals surface area contributed by atoms with Gasteiger partial charge in [-0.25, -0.2) is 17.4 Å². The van der Waals surface area contributed by atoms with Crippen molar-refractivity contribution in [2.45, 2.75) is 51.5 Å². The first-order valence-electron chi connectivity index (χ1n) is 13.6. The monoisotopic (exact) mass is 571 g/mol. The summed E-state index contributed by atoms with van der Waals surface area (Å²) in [5, 5.41) is 13.8. The average molecular weight is 572 g/mol. The van der Waals surface area contributed by atoms with E-state index in [1.54, 1.807) is 36.7 Å². The van der Waals surface area contributed by atoms with Gasteiger partial charge in [-0.05, 0) is 87.6 Å². The topological polar surface area (TPSA) is 118 Å². The van der Waals surface area contributed by atoms with Crippen LogP contribution in [0.4, 0.5) is 17.6 Å². The fraction of sp³-hybridized carbons (Fsp3) is 0.300. The second-order valence-corrected chi connectivity index (χ2v) is 12.5. The first kappa shape index (κ1) is 27.0. The number of hydrogen-bond donors (Lipinski definition) is 2. The van der Waals surface area contributed by atoms with Gasteiger partial charge < -0.3 is 19.9 Å². The molecule has 4 heterocycles. The van der Waals surface area contributed by atoms with E-state index in [0.29, 0.717) is 23.6 Å². The summed E-state index contributed by atoms with van der Waals surface area (Å²) in [5.74, 6) is 1.32. The number of anilines is 3. The largest absolute Gasteiger partial charge is 0.394 e. The van der Waals surface area contributed by atoms with Gasteiger partial charge in [0.25, 0.3) is 10.0 Å². The average Bonchev–Trinajstić information content (AvgIpc) is 3.71. The maximum Gasteiger partial charge on any atom is 0.269 e. The minimum Gasteiger partial charge on any atom is -0.394 e. The molecule has 5 aromatic rings. The summed E-state index contributed by atoms with van der Waals surface area (Å²) in [5.41, 5.74) is 5.86. The van der Waals surface area contributed by atoms with Gasteiger partial charge in [0.2, 0.25) is 5.95 Å². The molecule has 212 valence electrons. The highest BCUT2D eigenvalue weighted by atomic mass is 32.2. The molecule has 1 saturated heterocycles. The number of aliphatic hydroxyl groups is 1. The molecule has 2 N–H and O–H groups in total. The number of hydrogen-bond acceptors (Lipinski definition) is 8. The molecule has 0 amide bonds. The molecular weight excluding hydrogens is 538 g/mol. The number of rotatable bonds is 7. The number of aryl methyl sites for hydroxylation is 3. The van der Waals surface area contributed by atoms with Crippen molar-refractivity contribution in [2.75, 3.05) is 23.4 Å². The van der Waals surface area contributed by atoms with E-state index in [-0.39, 0.29) is 29.1 Å². The number of nitrogens with one attached hydrogen (secondary N) is 1. The summed E-state index contributed by atoms with van der Waals surface area (Å²) in [7, 11) is -3.92. The van der Waals surface area contributed by atoms with Crippen molar-refractivity contribution in [1.29, 1.82) is 0 Å². The SMILES string of the molecule is Cc1ccc(S(=O)(=O)n2ccc3c(N4CCC[C@H]4CO)nc(Nc4cn(-c5cc(C)c(C)c(C)c5)cn4)nc32)cc1. The summed E-state index contributed by atoms with van der Waals surface area (Å²) in [6.45, 7) is 8.88. The van der Waals surface area contributed by atoms with E-state index in [9.17, 15) is 13.5 Å². The van der Waals surface area contributed by atoms with Crippen molar-refractivity contribution in [3.63, 3.8) is 0 Å². The molecule has 2 aromatic carbocycles. The normalized spacial score (nSPS) is 15.6. The standard InChI is InChI=1S/C30H33N7O3S/c1-19-7-9-25(10-8-19)41(39,40)37-13-11-26-28(36-12-5-6-23(36)17-38)33-30(34-29(26)37)32-27-16-35(18-31-27)24-14-20(2)22(4)21(3)15-24/h7-11,13-16,18,23,38H,5-6,12,17H2,1-4H3,(H,32,33,34)/t23-/m0/s1. The Kier molecular flexibility index (Phi) is 6.79. The molecule has 0 radical (unpaired) electrons. The zero-order valence-corrected chi connectivity index (χ0v) is 24.4. The second-order valence-electron chi connectivity index (χ2n) is 10.7. The summed E-state index contributed by atoms with van der Waals surface area (Å²) in [6.07, 6.45) is 6.82. The fourth-order valence-electron chi connectivity index (χ4n) is 5.38. The van der Waals surface area contributed by atoms with E-state index in [1.165, 1.54) is 26.9 Å². The third-order valence-electron chi connectivity index (χ3n) is 7.96. The van der Waals surface area contributed by atoms with E-state index in [0.717, 1.165) is 24.1 Å². The van der Waals surface area contributed by atoms with Gasteiger partial charge in [0, 0.05) is 18.4 Å². The van der Waals surface area contributed by atoms with E-state index in [2.05, 4.69) is 48.2 Å². The predicted molar refractivity (Wildman–Crippen MR) is 160 cm³/mol. The van der Waals surface area contributed by atoms with Crippen LogP contribution in [0, 0.1) is 27.7 Å². The molecule has 10 nitrogen and oxygen atoms in total. The third kappa shape index (κ3) is 4.85. The van der Waals surface area contributed by atoms with Crippen LogP contribution in [-0.4, -0.2) is 56.2 Å². The lowest BCUT2D eigenvalue weighted by atomic mass is 10.0. The maximum absolute atomic E-state index is 13.7. The number of benzene rings is 2. The van der Waals surface area contributed by atoms with Crippen LogP contribution in [0.25, 0.3) is 16.7 Å². The maximum atomic E-state index is 13.7. The van der Waals surface area contributed by atoms with Crippen LogP contribution < -0.4 is 10.2 Å². The molecule has 11 heteroatoms. The van der Waals surface area contributed by atoms with Crippen LogP contribution in [-0.2, 0) is 10.0 Å². The number of fused-ring (bicyclic) bond motifs is 1. The van der Waals surface area contributed by atoms with E-state index < -0.39 is 10.0 Å². The van der Waals surface area contributed by atoms with Crippen molar-refractivity contribution in [2.24, 2.45) is 0 Å². The molecule has 0 saturated carbocycles. The molecule has 1 aliphatic heterocycles. The Morgan fingerprint density at radius 1 is 1.02 bits per heavy atom. The number of nitrogens with zero attached hydrogens (tertiary/aromatic N) is 6. The minimum atomic E-state index is -3.92. The lowest BCUT2D eigenvalue weighted by molar-refractivity contribution is 0.266. The zero-order valence-electron chi connectivity index (χ0n) is 23.5. The van der Waals surface area contributed by atoms with Crippen molar-refractivity contribution in [3.05, 3.63) is 83.4 Å². The Morgan fingerprint density at radius 2 is 1.76 bits per heavy atom. The molecule has 0 unspecified atom stereocenters. The van der Waals surface area contributed by atoms with Gasteiger partial charge in [0.1, 0.15) is 12.1 Å². The Labute approximate surface area is 239 Å². The predicted octanol–water partition coefficient (Wildman–Crippen LogP) is 4.79. The van der Waals surface area contributed by atoms with E-state index in [4.69, 9.17) is 4.98 Å². The van der Waals surface area contributed by atoms with Crippen LogP contribution in [0.3, 0.4) is 0 Å². The molecule has 41 heavy (non-hydrogen) atoms. The van der Waals surface area contributed by atoms with Crippen LogP contribution in [0.5, 0.6) is 0 Å². The summed E-state index contributed by atoms with van der Waals surface area (Å²) >= 11 is 0. The molecule has 1 aliphatic rings. The Morgan fingerprint density at radius 3 is 2.46 bits per heavy atom. The number of imidazole rings is 1. The number of aliphatic hydroxyl groups excluding tert-OH is 1. The van der Waals surface area contributed by atoms with E-state index in [1.807, 2.05) is 22.6 Å². The fourth-order valence-corrected chi connectivity index (χ4v) is 6.67. The lowest BCUT2D eigenvalue weighted by Crippen LogP contribution is -2.33. The van der Waals surface area contributed by atoms with Gasteiger partial charge in [-0.1, -0.05) is 17.7 Å². The van der Waals surface area contributed by atoms with Gasteiger partial charge in [-0.3, -0.25) is 0 Å². The van der Waals surface area contributed by atoms with Gasteiger partial charge in [0.15, 0.2) is 11.5 Å². The first-order chi connectivity index (χ1) is 19.7. The van der Waals surface area contributed by atoms with E-state index >= 15 is 0 Å². The highest BCUT2D eigenvalue weighted by Gasteiger charge is 2.29. The molecule has 6 rings (SSSR count). The quantitative estimate of drug-likeness (QED) is 0.286. The molecule has 0 aliphatic carbocycles. The first-order valence-corrected chi connectivity index (χ1v) is 15.1. The highest BCUT2D eigenvalue weighted by Crippen LogP contribution is 2.33. The Hall–Kier alpha value is -4.22. The summed E-state index contributed by atoms with van der Waals surface area (Å²) in [6, 6.07) is 12.6. The van der Waals surface area contributed by atoms with Crippen molar-refractivity contribution in [1.82, 2.24) is 23.5 Å². The van der Waals surface area contributed by atoms with Crippen LogP contribution in [0.15, 0.2) is 66.1 Å². The molecule has 1 atom stereocenters. The van der Waals surface area contributed by atoms with Crippen LogP contribution in [0.2, 0.25) is 0 Å². The van der Waals surface area contributed by atoms with Crippen molar-refractivity contribution < 1.29 is 13.5 Å². The number of aromatic nitrogens is 5. The molecule has 3 aromatic heterocycles. The molecule has 0 bridgehead atoms. The smallest absolute Gasteiger partial charge is 0.269 e. The molecular formula is C30H33N7O3S. The van der Waals surface area contributed by atoms with Crippen LogP contribution in [0.1, 0.15) is 35.1 Å². The third-order valence-corrected chi connectivity index (χ3v) is 9.64. The Bertz CT molecular complexity index is 1840. The summed E-state index contributed by atoms with van der Waals surface area (Å²) < 4.78 is 30.5. The zero-order chi connectivity index (χ0) is 28.9. The van der Waals surface area contributed by atoms with Crippen molar-refractivity contribution >= 4 is 38.6 Å². The Balaban J connectivity index is 1.44. The van der Waals surface area contributed by atoms with Gasteiger partial charge in [0.05, 0.1) is 29.1 Å². The highest BCUT2D eigenvalue weighted by molar-refractivity contribution is 7.90. The van der Waals surface area contributed by atoms with Gasteiger partial charge >= 0.3 is 0 Å². The van der Waals surface area contributed by atoms with Crippen molar-refractivity contribution in [3.8, 4) is 5.69 Å².